The van der Waals surface area contributed by atoms with Gasteiger partial charge in [0.25, 0.3) is 0 Å². The van der Waals surface area contributed by atoms with Crippen LogP contribution in [0.1, 0.15) is 12.0 Å². The number of amides is 2. The third kappa shape index (κ3) is 5.38. The van der Waals surface area contributed by atoms with Crippen molar-refractivity contribution in [2.75, 3.05) is 10.6 Å². The molecule has 24 heavy (non-hydrogen) atoms. The van der Waals surface area contributed by atoms with Crippen LogP contribution in [0.25, 0.3) is 6.08 Å². The van der Waals surface area contributed by atoms with E-state index in [2.05, 4.69) is 26.6 Å². The first-order valence-corrected chi connectivity index (χ1v) is 7.88. The molecule has 2 aromatic carbocycles. The molecule has 2 aromatic rings. The smallest absolute Gasteiger partial charge is 0.248 e. The molecule has 6 heteroatoms. The Hall–Kier alpha value is -2.91. The van der Waals surface area contributed by atoms with Gasteiger partial charge in [0.1, 0.15) is 6.42 Å². The summed E-state index contributed by atoms with van der Waals surface area (Å²) in [6.07, 6.45) is 2.92. The zero-order chi connectivity index (χ0) is 17.4. The van der Waals surface area contributed by atoms with Crippen molar-refractivity contribution < 1.29 is 9.59 Å². The molecule has 120 valence electrons. The number of halogens is 1. The van der Waals surface area contributed by atoms with E-state index in [1.807, 2.05) is 24.3 Å². The van der Waals surface area contributed by atoms with Crippen LogP contribution in [0.15, 0.2) is 59.1 Å². The second kappa shape index (κ2) is 8.65. The van der Waals surface area contributed by atoms with E-state index >= 15 is 0 Å². The van der Waals surface area contributed by atoms with Crippen LogP contribution in [-0.4, -0.2) is 11.8 Å². The second-order valence-electron chi connectivity index (χ2n) is 4.81. The number of rotatable bonds is 5. The molecule has 5 nitrogen and oxygen atoms in total. The summed E-state index contributed by atoms with van der Waals surface area (Å²) in [6, 6.07) is 16.1. The normalized spacial score (nSPS) is 10.2. The van der Waals surface area contributed by atoms with E-state index in [9.17, 15) is 9.59 Å². The topological polar surface area (TPSA) is 82.0 Å². The standard InChI is InChI=1S/C18H14BrN3O2/c19-16-7-2-1-4-13(16)8-9-17(23)21-14-5-3-6-15(12-14)22-18(24)10-11-20/h1-9,12H,10H2,(H,21,23)(H,22,24)/b9-8+. The van der Waals surface area contributed by atoms with Gasteiger partial charge >= 0.3 is 0 Å². The van der Waals surface area contributed by atoms with E-state index in [1.165, 1.54) is 6.08 Å². The van der Waals surface area contributed by atoms with E-state index in [4.69, 9.17) is 5.26 Å². The summed E-state index contributed by atoms with van der Waals surface area (Å²) in [6.45, 7) is 0. The van der Waals surface area contributed by atoms with Gasteiger partial charge in [0, 0.05) is 21.9 Å². The Labute approximate surface area is 148 Å². The Morgan fingerprint density at radius 3 is 2.50 bits per heavy atom. The largest absolute Gasteiger partial charge is 0.325 e. The lowest BCUT2D eigenvalue weighted by Gasteiger charge is -2.06. The van der Waals surface area contributed by atoms with Crippen LogP contribution in [0.2, 0.25) is 0 Å². The van der Waals surface area contributed by atoms with Crippen molar-refractivity contribution in [3.8, 4) is 6.07 Å². The third-order valence-electron chi connectivity index (χ3n) is 2.97. The fourth-order valence-electron chi connectivity index (χ4n) is 1.91. The fraction of sp³-hybridized carbons (Fsp3) is 0.0556. The molecule has 0 aromatic heterocycles. The van der Waals surface area contributed by atoms with Crippen molar-refractivity contribution in [2.45, 2.75) is 6.42 Å². The van der Waals surface area contributed by atoms with E-state index in [0.717, 1.165) is 10.0 Å². The first kappa shape index (κ1) is 17.4. The number of nitrogens with one attached hydrogen (secondary N) is 2. The highest BCUT2D eigenvalue weighted by Gasteiger charge is 2.03. The molecule has 0 bridgehead atoms. The number of anilines is 2. The Morgan fingerprint density at radius 1 is 1.08 bits per heavy atom. The maximum absolute atomic E-state index is 12.0. The number of benzene rings is 2. The molecule has 0 radical (unpaired) electrons. The van der Waals surface area contributed by atoms with Gasteiger partial charge in [0.2, 0.25) is 11.8 Å². The zero-order valence-corrected chi connectivity index (χ0v) is 14.2. The number of carbonyl (C=O) groups is 2. The molecule has 0 aliphatic carbocycles. The molecule has 0 saturated carbocycles. The molecule has 2 N–H and O–H groups in total. The van der Waals surface area contributed by atoms with Crippen molar-refractivity contribution in [3.63, 3.8) is 0 Å². The number of nitriles is 1. The summed E-state index contributed by atoms with van der Waals surface area (Å²) in [7, 11) is 0. The minimum atomic E-state index is -0.394. The predicted octanol–water partition coefficient (Wildman–Crippen LogP) is 3.95. The van der Waals surface area contributed by atoms with Crippen molar-refractivity contribution in [1.29, 1.82) is 5.26 Å². The Balaban J connectivity index is 2.00. The van der Waals surface area contributed by atoms with E-state index < -0.39 is 5.91 Å². The van der Waals surface area contributed by atoms with Gasteiger partial charge in [0.05, 0.1) is 6.07 Å². The van der Waals surface area contributed by atoms with Crippen LogP contribution in [0, 0.1) is 11.3 Å². The molecule has 0 unspecified atom stereocenters. The molecule has 2 rings (SSSR count). The molecular formula is C18H14BrN3O2. The van der Waals surface area contributed by atoms with Gasteiger partial charge in [-0.1, -0.05) is 40.2 Å². The van der Waals surface area contributed by atoms with Crippen LogP contribution in [0.5, 0.6) is 0 Å². The van der Waals surface area contributed by atoms with Crippen LogP contribution in [0.3, 0.4) is 0 Å². The quantitative estimate of drug-likeness (QED) is 0.766. The average molecular weight is 384 g/mol. The lowest BCUT2D eigenvalue weighted by Crippen LogP contribution is -2.11. The van der Waals surface area contributed by atoms with Gasteiger partial charge in [-0.2, -0.15) is 5.26 Å². The van der Waals surface area contributed by atoms with E-state index in [-0.39, 0.29) is 12.3 Å². The summed E-state index contributed by atoms with van der Waals surface area (Å²) in [5.74, 6) is -0.680. The maximum Gasteiger partial charge on any atom is 0.248 e. The van der Waals surface area contributed by atoms with Crippen molar-refractivity contribution in [2.24, 2.45) is 0 Å². The minimum absolute atomic E-state index is 0.217. The van der Waals surface area contributed by atoms with Gasteiger partial charge in [0.15, 0.2) is 0 Å². The van der Waals surface area contributed by atoms with Crippen molar-refractivity contribution in [1.82, 2.24) is 0 Å². The highest BCUT2D eigenvalue weighted by Crippen LogP contribution is 2.18. The lowest BCUT2D eigenvalue weighted by atomic mass is 10.2. The molecule has 2 amide bonds. The number of nitrogens with zero attached hydrogens (tertiary/aromatic N) is 1. The molecule has 0 aliphatic rings. The van der Waals surface area contributed by atoms with E-state index in [1.54, 1.807) is 36.4 Å². The Bertz CT molecular complexity index is 825. The summed E-state index contributed by atoms with van der Waals surface area (Å²) in [5.41, 5.74) is 1.96. The van der Waals surface area contributed by atoms with Gasteiger partial charge in [-0.15, -0.1) is 0 Å². The number of hydrogen-bond donors (Lipinski definition) is 2. The SMILES string of the molecule is N#CCC(=O)Nc1cccc(NC(=O)/C=C/c2ccccc2Br)c1. The average Bonchev–Trinajstić information content (AvgIpc) is 2.54. The molecule has 0 saturated heterocycles. The highest BCUT2D eigenvalue weighted by atomic mass is 79.9. The summed E-state index contributed by atoms with van der Waals surface area (Å²) in [5, 5.41) is 13.8. The molecule has 0 heterocycles. The van der Waals surface area contributed by atoms with Crippen molar-refractivity contribution in [3.05, 3.63) is 64.6 Å². The van der Waals surface area contributed by atoms with Gasteiger partial charge < -0.3 is 10.6 Å². The van der Waals surface area contributed by atoms with Crippen LogP contribution in [0.4, 0.5) is 11.4 Å². The lowest BCUT2D eigenvalue weighted by molar-refractivity contribution is -0.115. The highest BCUT2D eigenvalue weighted by molar-refractivity contribution is 9.10. The molecular weight excluding hydrogens is 370 g/mol. The Morgan fingerprint density at radius 2 is 1.79 bits per heavy atom. The van der Waals surface area contributed by atoms with Gasteiger partial charge in [-0.05, 0) is 35.9 Å². The van der Waals surface area contributed by atoms with Crippen molar-refractivity contribution >= 4 is 45.2 Å². The monoisotopic (exact) mass is 383 g/mol. The first-order chi connectivity index (χ1) is 11.6. The summed E-state index contributed by atoms with van der Waals surface area (Å²) in [4.78, 5) is 23.4. The zero-order valence-electron chi connectivity index (χ0n) is 12.6. The van der Waals surface area contributed by atoms with Crippen LogP contribution in [-0.2, 0) is 9.59 Å². The Kier molecular flexibility index (Phi) is 6.29. The molecule has 0 aliphatic heterocycles. The number of carbonyl (C=O) groups excluding carboxylic acids is 2. The maximum atomic E-state index is 12.0. The number of hydrogen-bond acceptors (Lipinski definition) is 3. The predicted molar refractivity (Wildman–Crippen MR) is 97.1 cm³/mol. The summed E-state index contributed by atoms with van der Waals surface area (Å²) >= 11 is 3.41. The summed E-state index contributed by atoms with van der Waals surface area (Å²) < 4.78 is 0.899. The third-order valence-corrected chi connectivity index (χ3v) is 3.70. The first-order valence-electron chi connectivity index (χ1n) is 7.09. The molecule has 0 atom stereocenters. The molecule has 0 fully saturated rings. The minimum Gasteiger partial charge on any atom is -0.325 e. The van der Waals surface area contributed by atoms with E-state index in [0.29, 0.717) is 11.4 Å². The van der Waals surface area contributed by atoms with Gasteiger partial charge in [-0.3, -0.25) is 9.59 Å². The van der Waals surface area contributed by atoms with Crippen LogP contribution < -0.4 is 10.6 Å². The van der Waals surface area contributed by atoms with Crippen LogP contribution >= 0.6 is 15.9 Å². The molecule has 0 spiro atoms. The fourth-order valence-corrected chi connectivity index (χ4v) is 2.33. The second-order valence-corrected chi connectivity index (χ2v) is 5.66. The van der Waals surface area contributed by atoms with Gasteiger partial charge in [-0.25, -0.2) is 0 Å².